The van der Waals surface area contributed by atoms with Gasteiger partial charge in [0.2, 0.25) is 0 Å². The van der Waals surface area contributed by atoms with Crippen LogP contribution in [0.4, 0.5) is 17.1 Å². The molecule has 0 fully saturated rings. The third kappa shape index (κ3) is 6.10. The largest absolute Gasteiger partial charge is 0.310 e. The molecule has 0 radical (unpaired) electrons. The summed E-state index contributed by atoms with van der Waals surface area (Å²) in [6.45, 7) is 9.48. The lowest BCUT2D eigenvalue weighted by atomic mass is 9.82. The van der Waals surface area contributed by atoms with Crippen molar-refractivity contribution >= 4 is 38.9 Å². The third-order valence-corrected chi connectivity index (χ3v) is 15.2. The summed E-state index contributed by atoms with van der Waals surface area (Å²) >= 11 is 0. The van der Waals surface area contributed by atoms with Crippen LogP contribution in [0.2, 0.25) is 0 Å². The first-order chi connectivity index (χ1) is 33.2. The Bertz CT molecular complexity index is 3670. The number of nitrogens with zero attached hydrogens (tertiary/aromatic N) is 2. The molecule has 0 bridgehead atoms. The van der Waals surface area contributed by atoms with Crippen molar-refractivity contribution in [3.05, 3.63) is 253 Å². The van der Waals surface area contributed by atoms with Crippen molar-refractivity contribution in [3.63, 3.8) is 0 Å². The zero-order chi connectivity index (χ0) is 45.7. The molecule has 2 aliphatic rings. The quantitative estimate of drug-likeness (QED) is 0.155. The molecule has 11 aromatic rings. The van der Waals surface area contributed by atoms with Gasteiger partial charge in [-0.05, 0) is 151 Å². The van der Waals surface area contributed by atoms with Crippen molar-refractivity contribution in [2.45, 2.75) is 38.5 Å². The molecule has 0 unspecified atom stereocenters. The Morgan fingerprint density at radius 2 is 0.750 bits per heavy atom. The van der Waals surface area contributed by atoms with Crippen LogP contribution in [0.1, 0.15) is 49.9 Å². The predicted molar refractivity (Wildman–Crippen MR) is 287 cm³/mol. The van der Waals surface area contributed by atoms with Gasteiger partial charge in [-0.25, -0.2) is 0 Å². The molecule has 0 aliphatic heterocycles. The Hall–Kier alpha value is -8.20. The molecule has 0 N–H and O–H groups in total. The van der Waals surface area contributed by atoms with E-state index in [4.69, 9.17) is 0 Å². The first kappa shape index (κ1) is 40.1. The second kappa shape index (κ2) is 15.2. The van der Waals surface area contributed by atoms with E-state index in [1.807, 2.05) is 0 Å². The van der Waals surface area contributed by atoms with E-state index in [1.165, 1.54) is 105 Å². The van der Waals surface area contributed by atoms with E-state index >= 15 is 0 Å². The fourth-order valence-corrected chi connectivity index (χ4v) is 11.7. The molecule has 0 saturated carbocycles. The van der Waals surface area contributed by atoms with E-state index in [2.05, 4.69) is 268 Å². The van der Waals surface area contributed by atoms with Crippen LogP contribution in [-0.4, -0.2) is 4.57 Å². The SMILES string of the molecule is CC1(C)c2ccccc2-c2ccc(N(c3ccc(-c4cc(-c5ccc6c(c5)c5ccccc5n6-c5ccccc5)ccc4-c4ccccc4)cc3)c3ccc4c(c3)C(C)(C)c3ccccc3-4)cc21. The van der Waals surface area contributed by atoms with E-state index in [0.29, 0.717) is 0 Å². The lowest BCUT2D eigenvalue weighted by Gasteiger charge is -2.30. The van der Waals surface area contributed by atoms with Crippen LogP contribution in [0.5, 0.6) is 0 Å². The summed E-state index contributed by atoms with van der Waals surface area (Å²) in [4.78, 5) is 2.47. The summed E-state index contributed by atoms with van der Waals surface area (Å²) in [6, 6.07) is 85.6. The van der Waals surface area contributed by atoms with Crippen molar-refractivity contribution in [2.75, 3.05) is 4.90 Å². The van der Waals surface area contributed by atoms with Gasteiger partial charge in [-0.2, -0.15) is 0 Å². The molecule has 10 aromatic carbocycles. The summed E-state index contributed by atoms with van der Waals surface area (Å²) in [5.74, 6) is 0. The van der Waals surface area contributed by atoms with Crippen LogP contribution in [0, 0.1) is 0 Å². The Morgan fingerprint density at radius 3 is 1.40 bits per heavy atom. The maximum Gasteiger partial charge on any atom is 0.0541 e. The van der Waals surface area contributed by atoms with Crippen LogP contribution in [0.3, 0.4) is 0 Å². The highest BCUT2D eigenvalue weighted by atomic mass is 15.1. The zero-order valence-electron chi connectivity index (χ0n) is 38.8. The van der Waals surface area contributed by atoms with Gasteiger partial charge in [0, 0.05) is 44.4 Å². The van der Waals surface area contributed by atoms with Gasteiger partial charge in [-0.15, -0.1) is 0 Å². The lowest BCUT2D eigenvalue weighted by Crippen LogP contribution is -2.18. The first-order valence-corrected chi connectivity index (χ1v) is 23.9. The van der Waals surface area contributed by atoms with Gasteiger partial charge >= 0.3 is 0 Å². The minimum Gasteiger partial charge on any atom is -0.310 e. The molecule has 2 nitrogen and oxygen atoms in total. The van der Waals surface area contributed by atoms with Crippen molar-refractivity contribution in [1.29, 1.82) is 0 Å². The minimum absolute atomic E-state index is 0.124. The average Bonchev–Trinajstić information content (AvgIpc) is 3.93. The van der Waals surface area contributed by atoms with Gasteiger partial charge in [0.05, 0.1) is 11.0 Å². The molecule has 0 atom stereocenters. The van der Waals surface area contributed by atoms with Gasteiger partial charge in [-0.3, -0.25) is 0 Å². The summed E-state index contributed by atoms with van der Waals surface area (Å²) < 4.78 is 2.38. The van der Waals surface area contributed by atoms with Gasteiger partial charge in [-0.1, -0.05) is 185 Å². The molecule has 13 rings (SSSR count). The normalized spacial score (nSPS) is 13.8. The van der Waals surface area contributed by atoms with Crippen LogP contribution < -0.4 is 4.90 Å². The van der Waals surface area contributed by atoms with Gasteiger partial charge in [0.15, 0.2) is 0 Å². The molecule has 2 heteroatoms. The number of benzene rings is 10. The van der Waals surface area contributed by atoms with E-state index in [0.717, 1.165) is 17.1 Å². The predicted octanol–water partition coefficient (Wildman–Crippen LogP) is 17.9. The Balaban J connectivity index is 0.948. The smallest absolute Gasteiger partial charge is 0.0541 e. The van der Waals surface area contributed by atoms with E-state index < -0.39 is 0 Å². The highest BCUT2D eigenvalue weighted by molar-refractivity contribution is 6.10. The fraction of sp³-hybridized carbons (Fsp3) is 0.0909. The van der Waals surface area contributed by atoms with Crippen LogP contribution in [0.15, 0.2) is 231 Å². The van der Waals surface area contributed by atoms with Crippen LogP contribution in [0.25, 0.3) is 83.1 Å². The van der Waals surface area contributed by atoms with E-state index in [1.54, 1.807) is 0 Å². The second-order valence-corrected chi connectivity index (χ2v) is 19.7. The fourth-order valence-electron chi connectivity index (χ4n) is 11.7. The molecule has 0 amide bonds. The summed E-state index contributed by atoms with van der Waals surface area (Å²) in [5.41, 5.74) is 24.7. The number of aromatic nitrogens is 1. The Labute approximate surface area is 399 Å². The number of hydrogen-bond acceptors (Lipinski definition) is 1. The maximum absolute atomic E-state index is 2.47. The number of para-hydroxylation sites is 2. The molecule has 1 aromatic heterocycles. The minimum atomic E-state index is -0.124. The first-order valence-electron chi connectivity index (χ1n) is 23.9. The summed E-state index contributed by atoms with van der Waals surface area (Å²) in [5, 5.41) is 2.50. The van der Waals surface area contributed by atoms with Gasteiger partial charge in [0.25, 0.3) is 0 Å². The zero-order valence-corrected chi connectivity index (χ0v) is 38.8. The number of rotatable bonds is 7. The number of fused-ring (bicyclic) bond motifs is 9. The van der Waals surface area contributed by atoms with Gasteiger partial charge < -0.3 is 9.47 Å². The monoisotopic (exact) mass is 870 g/mol. The topological polar surface area (TPSA) is 8.17 Å². The molecule has 324 valence electrons. The molecule has 0 saturated heterocycles. The summed E-state index contributed by atoms with van der Waals surface area (Å²) in [6.07, 6.45) is 0. The highest BCUT2D eigenvalue weighted by Gasteiger charge is 2.37. The van der Waals surface area contributed by atoms with Crippen LogP contribution in [-0.2, 0) is 10.8 Å². The standard InChI is InChI=1S/C66H50N2/c1-65(2)59-24-14-11-21-52(59)54-36-33-49(41-61(54)65)67(50-34-37-55-53-22-12-15-25-60(53)66(3,4)62(55)42-50)48-31-27-44(28-32-48)57-39-45(29-35-51(57)43-17-7-5-8-18-43)46-30-38-64-58(40-46)56-23-13-16-26-63(56)68(64)47-19-9-6-10-20-47/h5-42H,1-4H3. The van der Waals surface area contributed by atoms with E-state index in [9.17, 15) is 0 Å². The Kier molecular flexibility index (Phi) is 8.95. The van der Waals surface area contributed by atoms with Crippen molar-refractivity contribution in [2.24, 2.45) is 0 Å². The maximum atomic E-state index is 2.47. The molecular formula is C66H50N2. The van der Waals surface area contributed by atoms with Crippen LogP contribution >= 0.6 is 0 Å². The highest BCUT2D eigenvalue weighted by Crippen LogP contribution is 2.53. The Morgan fingerprint density at radius 1 is 0.294 bits per heavy atom. The summed E-state index contributed by atoms with van der Waals surface area (Å²) in [7, 11) is 0. The molecule has 68 heavy (non-hydrogen) atoms. The lowest BCUT2D eigenvalue weighted by molar-refractivity contribution is 0.660. The number of anilines is 3. The molecular weight excluding hydrogens is 821 g/mol. The molecule has 1 heterocycles. The van der Waals surface area contributed by atoms with Crippen molar-refractivity contribution < 1.29 is 0 Å². The van der Waals surface area contributed by atoms with Crippen molar-refractivity contribution in [3.8, 4) is 61.3 Å². The second-order valence-electron chi connectivity index (χ2n) is 19.7. The van der Waals surface area contributed by atoms with Gasteiger partial charge in [0.1, 0.15) is 0 Å². The molecule has 0 spiro atoms. The third-order valence-electron chi connectivity index (χ3n) is 15.2. The van der Waals surface area contributed by atoms with E-state index in [-0.39, 0.29) is 10.8 Å². The number of hydrogen-bond donors (Lipinski definition) is 0. The average molecular weight is 871 g/mol. The van der Waals surface area contributed by atoms with Crippen molar-refractivity contribution in [1.82, 2.24) is 4.57 Å². The molecule has 2 aliphatic carbocycles.